The number of carbonyl (C=O) groups excluding carboxylic acids is 1. The predicted molar refractivity (Wildman–Crippen MR) is 104 cm³/mol. The van der Waals surface area contributed by atoms with E-state index in [1.54, 1.807) is 29.4 Å². The number of hydrogen-bond acceptors (Lipinski definition) is 4. The maximum absolute atomic E-state index is 12.9. The molecule has 2 aromatic heterocycles. The summed E-state index contributed by atoms with van der Waals surface area (Å²) in [5.74, 6) is -0.105. The van der Waals surface area contributed by atoms with Gasteiger partial charge in [-0.15, -0.1) is 11.3 Å². The Bertz CT molecular complexity index is 1020. The van der Waals surface area contributed by atoms with E-state index in [1.165, 1.54) is 0 Å². The molecule has 0 saturated carbocycles. The van der Waals surface area contributed by atoms with Gasteiger partial charge in [0.1, 0.15) is 10.7 Å². The molecule has 2 heterocycles. The van der Waals surface area contributed by atoms with Crippen molar-refractivity contribution in [2.24, 2.45) is 0 Å². The first-order valence-electron chi connectivity index (χ1n) is 8.37. The summed E-state index contributed by atoms with van der Waals surface area (Å²) < 4.78 is 1.13. The molecule has 4 aromatic rings. The predicted octanol–water partition coefficient (Wildman–Crippen LogP) is 4.52. The minimum Gasteiger partial charge on any atom is -0.331 e. The molecular weight excluding hydrogens is 344 g/mol. The Labute approximate surface area is 155 Å². The third-order valence-electron chi connectivity index (χ3n) is 4.45. The maximum Gasteiger partial charge on any atom is 0.272 e. The normalized spacial score (nSPS) is 12.2. The summed E-state index contributed by atoms with van der Waals surface area (Å²) in [7, 11) is 1.79. The number of hydrogen-bond donors (Lipinski definition) is 1. The fourth-order valence-corrected chi connectivity index (χ4v) is 3.85. The van der Waals surface area contributed by atoms with Gasteiger partial charge in [-0.2, -0.15) is 5.10 Å². The lowest BCUT2D eigenvalue weighted by molar-refractivity contribution is 0.0736. The van der Waals surface area contributed by atoms with Crippen molar-refractivity contribution in [3.63, 3.8) is 0 Å². The van der Waals surface area contributed by atoms with Crippen molar-refractivity contribution in [1.82, 2.24) is 20.1 Å². The van der Waals surface area contributed by atoms with Crippen LogP contribution in [0.25, 0.3) is 21.5 Å². The molecule has 0 aliphatic carbocycles. The summed E-state index contributed by atoms with van der Waals surface area (Å²) in [6, 6.07) is 19.5. The number of aromatic nitrogens is 3. The molecule has 2 aromatic carbocycles. The lowest BCUT2D eigenvalue weighted by Gasteiger charge is -2.22. The van der Waals surface area contributed by atoms with Crippen molar-refractivity contribution in [1.29, 1.82) is 0 Å². The Morgan fingerprint density at radius 1 is 1.12 bits per heavy atom. The summed E-state index contributed by atoms with van der Waals surface area (Å²) >= 11 is 1.62. The Hall–Kier alpha value is -2.99. The van der Waals surface area contributed by atoms with Gasteiger partial charge in [-0.3, -0.25) is 9.89 Å². The quantitative estimate of drug-likeness (QED) is 0.580. The second-order valence-corrected chi connectivity index (χ2v) is 7.21. The monoisotopic (exact) mass is 362 g/mol. The number of benzene rings is 2. The molecule has 0 unspecified atom stereocenters. The number of aromatic amines is 1. The molecule has 0 spiro atoms. The number of nitrogens with zero attached hydrogens (tertiary/aromatic N) is 3. The second-order valence-electron chi connectivity index (χ2n) is 6.14. The molecule has 5 nitrogen and oxygen atoms in total. The van der Waals surface area contributed by atoms with E-state index >= 15 is 0 Å². The zero-order valence-electron chi connectivity index (χ0n) is 14.5. The van der Waals surface area contributed by atoms with Gasteiger partial charge in [0.2, 0.25) is 0 Å². The lowest BCUT2D eigenvalue weighted by atomic mass is 10.1. The average Bonchev–Trinajstić information content (AvgIpc) is 3.34. The minimum atomic E-state index is -0.122. The van der Waals surface area contributed by atoms with Crippen molar-refractivity contribution >= 4 is 27.5 Å². The third-order valence-corrected chi connectivity index (χ3v) is 5.65. The third kappa shape index (κ3) is 2.99. The van der Waals surface area contributed by atoms with E-state index in [0.717, 1.165) is 26.5 Å². The van der Waals surface area contributed by atoms with E-state index in [9.17, 15) is 4.79 Å². The van der Waals surface area contributed by atoms with Crippen LogP contribution in [-0.2, 0) is 0 Å². The Morgan fingerprint density at radius 2 is 1.85 bits per heavy atom. The smallest absolute Gasteiger partial charge is 0.272 e. The molecule has 130 valence electrons. The molecule has 26 heavy (non-hydrogen) atoms. The molecule has 1 atom stereocenters. The van der Waals surface area contributed by atoms with E-state index in [0.29, 0.717) is 5.69 Å². The van der Waals surface area contributed by atoms with E-state index < -0.39 is 0 Å². The van der Waals surface area contributed by atoms with Crippen LogP contribution in [0.1, 0.15) is 28.5 Å². The van der Waals surface area contributed by atoms with Crippen LogP contribution in [0.3, 0.4) is 0 Å². The van der Waals surface area contributed by atoms with Crippen LogP contribution in [0.4, 0.5) is 0 Å². The molecule has 0 saturated heterocycles. The number of H-pyrrole nitrogens is 1. The fourth-order valence-electron chi connectivity index (χ4n) is 2.79. The number of amides is 1. The van der Waals surface area contributed by atoms with Crippen LogP contribution >= 0.6 is 11.3 Å². The van der Waals surface area contributed by atoms with Gasteiger partial charge in [-0.1, -0.05) is 42.5 Å². The molecule has 0 fully saturated rings. The Morgan fingerprint density at radius 3 is 2.62 bits per heavy atom. The molecule has 0 aliphatic heterocycles. The number of rotatable bonds is 4. The molecule has 0 aliphatic rings. The van der Waals surface area contributed by atoms with Gasteiger partial charge in [0, 0.05) is 12.6 Å². The van der Waals surface area contributed by atoms with Gasteiger partial charge >= 0.3 is 0 Å². The highest BCUT2D eigenvalue weighted by Crippen LogP contribution is 2.29. The van der Waals surface area contributed by atoms with Crippen LogP contribution in [-0.4, -0.2) is 33.0 Å². The van der Waals surface area contributed by atoms with Crippen molar-refractivity contribution in [2.75, 3.05) is 7.05 Å². The number of para-hydroxylation sites is 1. The maximum atomic E-state index is 12.9. The van der Waals surface area contributed by atoms with Crippen molar-refractivity contribution < 1.29 is 4.79 Å². The summed E-state index contributed by atoms with van der Waals surface area (Å²) in [5, 5.41) is 8.05. The highest BCUT2D eigenvalue weighted by atomic mass is 32.1. The van der Waals surface area contributed by atoms with Gasteiger partial charge in [-0.25, -0.2) is 4.98 Å². The molecule has 1 N–H and O–H groups in total. The first-order valence-corrected chi connectivity index (χ1v) is 9.18. The number of fused-ring (bicyclic) bond motifs is 1. The molecule has 0 bridgehead atoms. The zero-order chi connectivity index (χ0) is 18.1. The molecule has 1 amide bonds. The highest BCUT2D eigenvalue weighted by molar-refractivity contribution is 7.18. The average molecular weight is 362 g/mol. The van der Waals surface area contributed by atoms with Crippen LogP contribution in [0, 0.1) is 0 Å². The van der Waals surface area contributed by atoms with E-state index in [1.807, 2.05) is 61.5 Å². The fraction of sp³-hybridized carbons (Fsp3) is 0.150. The summed E-state index contributed by atoms with van der Waals surface area (Å²) in [5.41, 5.74) is 3.17. The second kappa shape index (κ2) is 6.72. The molecule has 4 rings (SSSR count). The zero-order valence-corrected chi connectivity index (χ0v) is 15.3. The van der Waals surface area contributed by atoms with Crippen molar-refractivity contribution in [3.8, 4) is 11.3 Å². The van der Waals surface area contributed by atoms with Crippen LogP contribution in [0.2, 0.25) is 0 Å². The lowest BCUT2D eigenvalue weighted by Crippen LogP contribution is -2.29. The summed E-state index contributed by atoms with van der Waals surface area (Å²) in [6.45, 7) is 1.99. The Balaban J connectivity index is 1.56. The van der Waals surface area contributed by atoms with E-state index in [4.69, 9.17) is 0 Å². The highest BCUT2D eigenvalue weighted by Gasteiger charge is 2.23. The van der Waals surface area contributed by atoms with Crippen molar-refractivity contribution in [2.45, 2.75) is 13.0 Å². The van der Waals surface area contributed by atoms with Crippen LogP contribution in [0.5, 0.6) is 0 Å². The Kier molecular flexibility index (Phi) is 4.26. The largest absolute Gasteiger partial charge is 0.331 e. The SMILES string of the molecule is C[C@@H](c1nc2ccccc2s1)N(C)C(=O)c1cc(-c2ccccc2)n[nH]1. The molecule has 6 heteroatoms. The summed E-state index contributed by atoms with van der Waals surface area (Å²) in [6.07, 6.45) is 0. The van der Waals surface area contributed by atoms with Gasteiger partial charge in [0.15, 0.2) is 0 Å². The topological polar surface area (TPSA) is 61.9 Å². The summed E-state index contributed by atoms with van der Waals surface area (Å²) in [4.78, 5) is 19.2. The number of carbonyl (C=O) groups is 1. The van der Waals surface area contributed by atoms with Gasteiger partial charge in [-0.05, 0) is 25.1 Å². The van der Waals surface area contributed by atoms with Crippen LogP contribution < -0.4 is 0 Å². The standard InChI is InChI=1S/C20H18N4OS/c1-13(19-21-15-10-6-7-11-18(15)26-19)24(2)20(25)17-12-16(22-23-17)14-8-4-3-5-9-14/h3-13H,1-2H3,(H,22,23)/t13-/m0/s1. The first kappa shape index (κ1) is 16.5. The van der Waals surface area contributed by atoms with Crippen molar-refractivity contribution in [3.05, 3.63) is 71.4 Å². The number of thiazole rings is 1. The van der Waals surface area contributed by atoms with Gasteiger partial charge < -0.3 is 4.90 Å². The van der Waals surface area contributed by atoms with Gasteiger partial charge in [0.05, 0.1) is 22.0 Å². The molecule has 0 radical (unpaired) electrons. The van der Waals surface area contributed by atoms with E-state index in [2.05, 4.69) is 15.2 Å². The first-order chi connectivity index (χ1) is 12.6. The minimum absolute atomic E-state index is 0.105. The molecular formula is C20H18N4OS. The van der Waals surface area contributed by atoms with Crippen LogP contribution in [0.15, 0.2) is 60.7 Å². The number of nitrogens with one attached hydrogen (secondary N) is 1. The van der Waals surface area contributed by atoms with E-state index in [-0.39, 0.29) is 11.9 Å². The van der Waals surface area contributed by atoms with Gasteiger partial charge in [0.25, 0.3) is 5.91 Å².